The number of nitrogens with two attached hydrogens (primary N) is 1. The zero-order valence-electron chi connectivity index (χ0n) is 14.0. The third-order valence-corrected chi connectivity index (χ3v) is 3.42. The van der Waals surface area contributed by atoms with Crippen molar-refractivity contribution in [2.24, 2.45) is 5.73 Å². The van der Waals surface area contributed by atoms with Crippen molar-refractivity contribution in [2.45, 2.75) is 46.6 Å². The van der Waals surface area contributed by atoms with E-state index in [-0.39, 0.29) is 17.6 Å². The van der Waals surface area contributed by atoms with Crippen LogP contribution in [0.15, 0.2) is 23.9 Å². The van der Waals surface area contributed by atoms with E-state index in [4.69, 9.17) is 15.2 Å². The molecule has 1 rings (SSSR count). The molecule has 0 heterocycles. The third-order valence-electron chi connectivity index (χ3n) is 3.42. The van der Waals surface area contributed by atoms with Crippen molar-refractivity contribution in [2.75, 3.05) is 13.2 Å². The minimum Gasteiger partial charge on any atom is -0.491 e. The number of allylic oxidation sites excluding steroid dienone is 1. The number of rotatable bonds is 9. The van der Waals surface area contributed by atoms with Crippen LogP contribution in [0.4, 0.5) is 0 Å². The lowest BCUT2D eigenvalue weighted by Gasteiger charge is -2.17. The summed E-state index contributed by atoms with van der Waals surface area (Å²) in [6.07, 6.45) is 3.70. The Morgan fingerprint density at radius 1 is 1.36 bits per heavy atom. The summed E-state index contributed by atoms with van der Waals surface area (Å²) in [4.78, 5) is 11.3. The topological polar surface area (TPSA) is 61.6 Å². The molecule has 4 nitrogen and oxygen atoms in total. The van der Waals surface area contributed by atoms with E-state index >= 15 is 0 Å². The highest BCUT2D eigenvalue weighted by molar-refractivity contribution is 5.96. The summed E-state index contributed by atoms with van der Waals surface area (Å²) >= 11 is 0. The summed E-state index contributed by atoms with van der Waals surface area (Å²) in [6, 6.07) is 5.78. The van der Waals surface area contributed by atoms with E-state index < -0.39 is 0 Å². The summed E-state index contributed by atoms with van der Waals surface area (Å²) in [5.74, 6) is 0.622. The second kappa shape index (κ2) is 9.26. The minimum absolute atomic E-state index is 0.0996. The number of hydrogen-bond acceptors (Lipinski definition) is 4. The molecule has 22 heavy (non-hydrogen) atoms. The first kappa shape index (κ1) is 18.2. The van der Waals surface area contributed by atoms with Crippen LogP contribution in [-0.4, -0.2) is 25.1 Å². The van der Waals surface area contributed by atoms with Gasteiger partial charge in [0.2, 0.25) is 0 Å². The van der Waals surface area contributed by atoms with Crippen LogP contribution in [0.5, 0.6) is 5.75 Å². The number of carbonyl (C=O) groups is 1. The number of ketones is 1. The zero-order chi connectivity index (χ0) is 16.5. The molecule has 0 aliphatic carbocycles. The SMILES string of the molecule is CCCOC(CC)COc1ccc(C)c(/C=C(\N)C(C)=O)c1. The fraction of sp³-hybridized carbons (Fsp3) is 0.500. The monoisotopic (exact) mass is 305 g/mol. The fourth-order valence-electron chi connectivity index (χ4n) is 1.89. The normalized spacial score (nSPS) is 13.0. The largest absolute Gasteiger partial charge is 0.491 e. The van der Waals surface area contributed by atoms with Crippen LogP contribution < -0.4 is 10.5 Å². The Balaban J connectivity index is 2.76. The van der Waals surface area contributed by atoms with E-state index in [0.717, 1.165) is 36.3 Å². The van der Waals surface area contributed by atoms with Gasteiger partial charge < -0.3 is 15.2 Å². The first-order chi connectivity index (χ1) is 10.5. The first-order valence-corrected chi connectivity index (χ1v) is 7.81. The van der Waals surface area contributed by atoms with Gasteiger partial charge in [-0.3, -0.25) is 4.79 Å². The molecule has 0 aliphatic rings. The van der Waals surface area contributed by atoms with Crippen LogP contribution in [0.3, 0.4) is 0 Å². The van der Waals surface area contributed by atoms with Crippen molar-refractivity contribution in [1.82, 2.24) is 0 Å². The Morgan fingerprint density at radius 3 is 2.68 bits per heavy atom. The second-order valence-electron chi connectivity index (χ2n) is 5.39. The van der Waals surface area contributed by atoms with Crippen LogP contribution >= 0.6 is 0 Å². The predicted octanol–water partition coefficient (Wildman–Crippen LogP) is 3.47. The molecular formula is C18H27NO3. The molecule has 0 spiro atoms. The number of hydrogen-bond donors (Lipinski definition) is 1. The summed E-state index contributed by atoms with van der Waals surface area (Å²) < 4.78 is 11.5. The second-order valence-corrected chi connectivity index (χ2v) is 5.39. The Hall–Kier alpha value is -1.81. The maximum absolute atomic E-state index is 11.3. The Morgan fingerprint density at radius 2 is 2.09 bits per heavy atom. The molecule has 0 fully saturated rings. The lowest BCUT2D eigenvalue weighted by Crippen LogP contribution is -2.21. The van der Waals surface area contributed by atoms with E-state index in [1.54, 1.807) is 6.08 Å². The van der Waals surface area contributed by atoms with Gasteiger partial charge >= 0.3 is 0 Å². The summed E-state index contributed by atoms with van der Waals surface area (Å²) in [5, 5.41) is 0. The van der Waals surface area contributed by atoms with Crippen molar-refractivity contribution >= 4 is 11.9 Å². The lowest BCUT2D eigenvalue weighted by atomic mass is 10.1. The van der Waals surface area contributed by atoms with Gasteiger partial charge in [-0.2, -0.15) is 0 Å². The molecule has 0 saturated heterocycles. The molecular weight excluding hydrogens is 278 g/mol. The Kier molecular flexibility index (Phi) is 7.67. The molecule has 2 N–H and O–H groups in total. The smallest absolute Gasteiger partial charge is 0.175 e. The van der Waals surface area contributed by atoms with E-state index in [1.165, 1.54) is 6.92 Å². The number of benzene rings is 1. The highest BCUT2D eigenvalue weighted by atomic mass is 16.5. The molecule has 1 aromatic carbocycles. The molecule has 1 unspecified atom stereocenters. The highest BCUT2D eigenvalue weighted by Crippen LogP contribution is 2.20. The van der Waals surface area contributed by atoms with Crippen molar-refractivity contribution in [3.8, 4) is 5.75 Å². The van der Waals surface area contributed by atoms with Gasteiger partial charge in [0, 0.05) is 13.5 Å². The quantitative estimate of drug-likeness (QED) is 0.710. The fourth-order valence-corrected chi connectivity index (χ4v) is 1.89. The average molecular weight is 305 g/mol. The van der Waals surface area contributed by atoms with Crippen LogP contribution in [-0.2, 0) is 9.53 Å². The molecule has 1 atom stereocenters. The van der Waals surface area contributed by atoms with E-state index in [1.807, 2.05) is 25.1 Å². The number of carbonyl (C=O) groups excluding carboxylic acids is 1. The van der Waals surface area contributed by atoms with Crippen molar-refractivity contribution in [1.29, 1.82) is 0 Å². The number of aryl methyl sites for hydroxylation is 1. The van der Waals surface area contributed by atoms with Gasteiger partial charge in [-0.05, 0) is 49.1 Å². The van der Waals surface area contributed by atoms with Crippen LogP contribution in [0.2, 0.25) is 0 Å². The van der Waals surface area contributed by atoms with Crippen molar-refractivity contribution in [3.05, 3.63) is 35.0 Å². The number of Topliss-reactive ketones (excluding diaryl/α,β-unsaturated/α-hetero) is 1. The third kappa shape index (κ3) is 5.90. The molecule has 0 aromatic heterocycles. The van der Waals surface area contributed by atoms with Gasteiger partial charge in [-0.25, -0.2) is 0 Å². The molecule has 1 aromatic rings. The first-order valence-electron chi connectivity index (χ1n) is 7.81. The molecule has 0 aliphatic heterocycles. The van der Waals surface area contributed by atoms with Crippen LogP contribution in [0.1, 0.15) is 44.7 Å². The van der Waals surface area contributed by atoms with Gasteiger partial charge in [0.05, 0.1) is 11.8 Å². The zero-order valence-corrected chi connectivity index (χ0v) is 14.0. The van der Waals surface area contributed by atoms with Gasteiger partial charge in [-0.1, -0.05) is 19.9 Å². The van der Waals surface area contributed by atoms with Crippen LogP contribution in [0, 0.1) is 6.92 Å². The van der Waals surface area contributed by atoms with E-state index in [2.05, 4.69) is 13.8 Å². The van der Waals surface area contributed by atoms with Gasteiger partial charge in [-0.15, -0.1) is 0 Å². The standard InChI is InChI=1S/C18H27NO3/c1-5-9-21-16(6-2)12-22-17-8-7-13(3)15(10-17)11-18(19)14(4)20/h7-8,10-11,16H,5-6,9,12,19H2,1-4H3/b18-11-. The van der Waals surface area contributed by atoms with Crippen molar-refractivity contribution in [3.63, 3.8) is 0 Å². The van der Waals surface area contributed by atoms with E-state index in [0.29, 0.717) is 6.61 Å². The molecule has 4 heteroatoms. The molecule has 0 bridgehead atoms. The minimum atomic E-state index is -0.135. The lowest BCUT2D eigenvalue weighted by molar-refractivity contribution is -0.113. The maximum atomic E-state index is 11.3. The van der Waals surface area contributed by atoms with Crippen LogP contribution in [0.25, 0.3) is 6.08 Å². The van der Waals surface area contributed by atoms with Gasteiger partial charge in [0.25, 0.3) is 0 Å². The summed E-state index contributed by atoms with van der Waals surface area (Å²) in [5.41, 5.74) is 7.91. The molecule has 0 radical (unpaired) electrons. The highest BCUT2D eigenvalue weighted by Gasteiger charge is 2.08. The van der Waals surface area contributed by atoms with Crippen molar-refractivity contribution < 1.29 is 14.3 Å². The Bertz CT molecular complexity index is 523. The summed E-state index contributed by atoms with van der Waals surface area (Å²) in [6.45, 7) is 8.87. The molecule has 122 valence electrons. The summed E-state index contributed by atoms with van der Waals surface area (Å²) in [7, 11) is 0. The maximum Gasteiger partial charge on any atom is 0.175 e. The number of ether oxygens (including phenoxy) is 2. The Labute approximate surface area is 133 Å². The predicted molar refractivity (Wildman–Crippen MR) is 89.8 cm³/mol. The molecule has 0 amide bonds. The average Bonchev–Trinajstić information content (AvgIpc) is 2.50. The van der Waals surface area contributed by atoms with E-state index in [9.17, 15) is 4.79 Å². The van der Waals surface area contributed by atoms with Gasteiger partial charge in [0.15, 0.2) is 5.78 Å². The molecule has 0 saturated carbocycles. The van der Waals surface area contributed by atoms with Gasteiger partial charge in [0.1, 0.15) is 12.4 Å².